The fourth-order valence-electron chi connectivity index (χ4n) is 3.75. The van der Waals surface area contributed by atoms with Crippen molar-refractivity contribution >= 4 is 17.6 Å². The molecule has 1 aliphatic rings. The molecule has 2 atom stereocenters. The van der Waals surface area contributed by atoms with Crippen LogP contribution in [0.2, 0.25) is 0 Å². The number of Topliss-reactive ketones (excluding diaryl/α,β-unsaturated/α-hetero) is 1. The standard InChI is InChI=1S/C26H27FN4O5/c1-2-23(36-19-8-5-16(6-9-19)24(33)15-3-4-15)17-12-29-31(13-17)18-7-10-20(21(27)11-18)26(35)30-22(14-32)25(28)34/h5-13,15,22-23,32H,2-4,14H2,1H3,(H2,28,34)(H,30,35)/t22-,23?/m0/s1. The van der Waals surface area contributed by atoms with Gasteiger partial charge in [-0.3, -0.25) is 14.4 Å². The van der Waals surface area contributed by atoms with Gasteiger partial charge in [-0.25, -0.2) is 9.07 Å². The van der Waals surface area contributed by atoms with Crippen LogP contribution in [-0.2, 0) is 4.79 Å². The van der Waals surface area contributed by atoms with Crippen LogP contribution < -0.4 is 15.8 Å². The molecule has 2 amide bonds. The number of aliphatic hydroxyl groups is 1. The van der Waals surface area contributed by atoms with Crippen LogP contribution >= 0.6 is 0 Å². The van der Waals surface area contributed by atoms with Crippen LogP contribution in [0.15, 0.2) is 54.9 Å². The van der Waals surface area contributed by atoms with Crippen molar-refractivity contribution in [3.05, 3.63) is 77.4 Å². The molecule has 0 radical (unpaired) electrons. The van der Waals surface area contributed by atoms with Gasteiger partial charge in [0.15, 0.2) is 5.78 Å². The third-order valence-electron chi connectivity index (χ3n) is 6.00. The maximum Gasteiger partial charge on any atom is 0.254 e. The smallest absolute Gasteiger partial charge is 0.254 e. The van der Waals surface area contributed by atoms with E-state index in [0.29, 0.717) is 23.4 Å². The van der Waals surface area contributed by atoms with Crippen molar-refractivity contribution in [1.82, 2.24) is 15.1 Å². The fourth-order valence-corrected chi connectivity index (χ4v) is 3.75. The van der Waals surface area contributed by atoms with E-state index in [1.165, 1.54) is 16.8 Å². The second-order valence-corrected chi connectivity index (χ2v) is 8.67. The lowest BCUT2D eigenvalue weighted by Gasteiger charge is -2.16. The van der Waals surface area contributed by atoms with Crippen molar-refractivity contribution in [3.8, 4) is 11.4 Å². The Balaban J connectivity index is 1.45. The fraction of sp³-hybridized carbons (Fsp3) is 0.308. The van der Waals surface area contributed by atoms with E-state index < -0.39 is 30.3 Å². The highest BCUT2D eigenvalue weighted by molar-refractivity contribution is 5.99. The number of amides is 2. The number of primary amides is 1. The zero-order chi connectivity index (χ0) is 25.8. The number of hydrogen-bond acceptors (Lipinski definition) is 6. The lowest BCUT2D eigenvalue weighted by molar-refractivity contribution is -0.120. The monoisotopic (exact) mass is 494 g/mol. The number of halogens is 1. The molecule has 4 N–H and O–H groups in total. The molecule has 0 spiro atoms. The molecule has 1 fully saturated rings. The molecule has 0 aliphatic heterocycles. The summed E-state index contributed by atoms with van der Waals surface area (Å²) in [5.41, 5.74) is 6.62. The van der Waals surface area contributed by atoms with Crippen molar-refractivity contribution in [3.63, 3.8) is 0 Å². The summed E-state index contributed by atoms with van der Waals surface area (Å²) < 4.78 is 22.2. The number of rotatable bonds is 11. The van der Waals surface area contributed by atoms with Crippen LogP contribution in [-0.4, -0.2) is 45.1 Å². The number of nitrogens with zero attached hydrogens (tertiary/aromatic N) is 2. The lowest BCUT2D eigenvalue weighted by atomic mass is 10.1. The summed E-state index contributed by atoms with van der Waals surface area (Å²) in [7, 11) is 0. The topological polar surface area (TPSA) is 137 Å². The first-order valence-corrected chi connectivity index (χ1v) is 11.7. The van der Waals surface area contributed by atoms with Crippen LogP contribution in [0.5, 0.6) is 5.75 Å². The van der Waals surface area contributed by atoms with E-state index >= 15 is 0 Å². The molecule has 0 bridgehead atoms. The van der Waals surface area contributed by atoms with E-state index in [1.807, 2.05) is 6.92 Å². The zero-order valence-electron chi connectivity index (χ0n) is 19.7. The van der Waals surface area contributed by atoms with E-state index in [1.54, 1.807) is 36.7 Å². The molecule has 0 saturated heterocycles. The quantitative estimate of drug-likeness (QED) is 0.351. The van der Waals surface area contributed by atoms with Gasteiger partial charge in [0.25, 0.3) is 5.91 Å². The van der Waals surface area contributed by atoms with Crippen LogP contribution in [0.4, 0.5) is 4.39 Å². The zero-order valence-corrected chi connectivity index (χ0v) is 19.7. The number of aromatic nitrogens is 2. The molecule has 10 heteroatoms. The first kappa shape index (κ1) is 25.1. The Kier molecular flexibility index (Phi) is 7.44. The second kappa shape index (κ2) is 10.7. The molecule has 1 saturated carbocycles. The number of benzene rings is 2. The van der Waals surface area contributed by atoms with Crippen molar-refractivity contribution in [2.45, 2.75) is 38.3 Å². The average Bonchev–Trinajstić information content (AvgIpc) is 3.61. The highest BCUT2D eigenvalue weighted by atomic mass is 19.1. The van der Waals surface area contributed by atoms with E-state index in [0.717, 1.165) is 24.5 Å². The van der Waals surface area contributed by atoms with Gasteiger partial charge in [0.05, 0.1) is 24.1 Å². The molecular formula is C26H27FN4O5. The van der Waals surface area contributed by atoms with Gasteiger partial charge in [-0.15, -0.1) is 0 Å². The SMILES string of the molecule is CCC(Oc1ccc(C(=O)C2CC2)cc1)c1cnn(-c2ccc(C(=O)N[C@@H](CO)C(N)=O)c(F)c2)c1. The molecule has 9 nitrogen and oxygen atoms in total. The molecule has 1 aliphatic carbocycles. The van der Waals surface area contributed by atoms with Gasteiger partial charge in [0.2, 0.25) is 5.91 Å². The minimum Gasteiger partial charge on any atom is -0.486 e. The van der Waals surface area contributed by atoms with Crippen LogP contribution in [0, 0.1) is 11.7 Å². The summed E-state index contributed by atoms with van der Waals surface area (Å²) in [5, 5.41) is 15.6. The number of ether oxygens (including phenoxy) is 1. The van der Waals surface area contributed by atoms with Crippen molar-refractivity contribution < 1.29 is 28.6 Å². The Bertz CT molecular complexity index is 1270. The van der Waals surface area contributed by atoms with Gasteiger partial charge >= 0.3 is 0 Å². The average molecular weight is 495 g/mol. The van der Waals surface area contributed by atoms with Gasteiger partial charge in [0.1, 0.15) is 23.7 Å². The van der Waals surface area contributed by atoms with Crippen molar-refractivity contribution in [2.75, 3.05) is 6.61 Å². The number of nitrogens with two attached hydrogens (primary N) is 1. The number of aliphatic hydroxyl groups excluding tert-OH is 1. The Morgan fingerprint density at radius 3 is 2.53 bits per heavy atom. The van der Waals surface area contributed by atoms with Gasteiger partial charge in [-0.05, 0) is 55.7 Å². The molecule has 1 unspecified atom stereocenters. The summed E-state index contributed by atoms with van der Waals surface area (Å²) in [6, 6.07) is 9.70. The summed E-state index contributed by atoms with van der Waals surface area (Å²) in [4.78, 5) is 35.7. The van der Waals surface area contributed by atoms with E-state index in [4.69, 9.17) is 15.6 Å². The maximum atomic E-state index is 14.7. The van der Waals surface area contributed by atoms with Gasteiger partial charge < -0.3 is 20.9 Å². The number of carbonyl (C=O) groups excluding carboxylic acids is 3. The predicted molar refractivity (Wildman–Crippen MR) is 128 cm³/mol. The molecule has 1 heterocycles. The summed E-state index contributed by atoms with van der Waals surface area (Å²) in [6.07, 6.45) is 5.58. The first-order chi connectivity index (χ1) is 17.3. The molecule has 36 heavy (non-hydrogen) atoms. The summed E-state index contributed by atoms with van der Waals surface area (Å²) >= 11 is 0. The third kappa shape index (κ3) is 5.60. The summed E-state index contributed by atoms with van der Waals surface area (Å²) in [6.45, 7) is 1.27. The van der Waals surface area contributed by atoms with Gasteiger partial charge in [-0.2, -0.15) is 5.10 Å². The second-order valence-electron chi connectivity index (χ2n) is 8.67. The minimum atomic E-state index is -1.31. The largest absolute Gasteiger partial charge is 0.486 e. The highest BCUT2D eigenvalue weighted by Crippen LogP contribution is 2.33. The molecule has 3 aromatic rings. The van der Waals surface area contributed by atoms with E-state index in [-0.39, 0.29) is 23.4 Å². The number of ketones is 1. The van der Waals surface area contributed by atoms with Crippen molar-refractivity contribution in [2.24, 2.45) is 11.7 Å². The molecular weight excluding hydrogens is 467 g/mol. The molecule has 1 aromatic heterocycles. The Morgan fingerprint density at radius 1 is 1.22 bits per heavy atom. The first-order valence-electron chi connectivity index (χ1n) is 11.7. The number of carbonyl (C=O) groups is 3. The molecule has 188 valence electrons. The van der Waals surface area contributed by atoms with Crippen LogP contribution in [0.25, 0.3) is 5.69 Å². The molecule has 2 aromatic carbocycles. The predicted octanol–water partition coefficient (Wildman–Crippen LogP) is 2.71. The maximum absolute atomic E-state index is 14.7. The lowest BCUT2D eigenvalue weighted by Crippen LogP contribution is -2.47. The van der Waals surface area contributed by atoms with Crippen LogP contribution in [0.3, 0.4) is 0 Å². The minimum absolute atomic E-state index is 0.159. The molecule has 4 rings (SSSR count). The van der Waals surface area contributed by atoms with Crippen molar-refractivity contribution in [1.29, 1.82) is 0 Å². The van der Waals surface area contributed by atoms with E-state index in [2.05, 4.69) is 10.4 Å². The number of nitrogens with one attached hydrogen (secondary N) is 1. The van der Waals surface area contributed by atoms with Gasteiger partial charge in [0, 0.05) is 29.3 Å². The summed E-state index contributed by atoms with van der Waals surface area (Å²) in [5.74, 6) is -1.67. The highest BCUT2D eigenvalue weighted by Gasteiger charge is 2.30. The third-order valence-corrected chi connectivity index (χ3v) is 6.00. The normalized spacial score (nSPS) is 14.6. The Morgan fingerprint density at radius 2 is 1.94 bits per heavy atom. The number of hydrogen-bond donors (Lipinski definition) is 3. The Labute approximate surface area is 207 Å². The van der Waals surface area contributed by atoms with E-state index in [9.17, 15) is 18.8 Å². The Hall–Kier alpha value is -4.05. The van der Waals surface area contributed by atoms with Crippen LogP contribution in [0.1, 0.15) is 58.6 Å². The van der Waals surface area contributed by atoms with Gasteiger partial charge in [-0.1, -0.05) is 6.92 Å².